The van der Waals surface area contributed by atoms with Crippen molar-refractivity contribution in [2.45, 2.75) is 50.7 Å². The Balaban J connectivity index is 0.000000913. The summed E-state index contributed by atoms with van der Waals surface area (Å²) in [7, 11) is -3.51. The maximum Gasteiger partial charge on any atom is 0.373 e. The van der Waals surface area contributed by atoms with Gasteiger partial charge in [-0.2, -0.15) is 13.9 Å². The van der Waals surface area contributed by atoms with Crippen LogP contribution in [0.15, 0.2) is 59.6 Å². The molecular weight excluding hydrogens is 428 g/mol. The Kier molecular flexibility index (Phi) is 7.51. The Bertz CT molecular complexity index is 1190. The van der Waals surface area contributed by atoms with Crippen LogP contribution in [0.2, 0.25) is 0 Å². The lowest BCUT2D eigenvalue weighted by Crippen LogP contribution is -2.29. The van der Waals surface area contributed by atoms with E-state index in [0.717, 1.165) is 12.8 Å². The Morgan fingerprint density at radius 3 is 2.38 bits per heavy atom. The summed E-state index contributed by atoms with van der Waals surface area (Å²) in [5, 5.41) is 1.26. The number of carbonyl (C=O) groups excluding carboxylic acids is 2. The van der Waals surface area contributed by atoms with E-state index in [0.29, 0.717) is 23.7 Å². The fraction of sp³-hybridized carbons (Fsp3) is 0.375. The maximum absolute atomic E-state index is 13.1. The van der Waals surface area contributed by atoms with Gasteiger partial charge in [-0.3, -0.25) is 0 Å². The Morgan fingerprint density at radius 2 is 1.75 bits per heavy atom. The van der Waals surface area contributed by atoms with Crippen molar-refractivity contribution in [1.29, 1.82) is 0 Å². The summed E-state index contributed by atoms with van der Waals surface area (Å²) >= 11 is 0. The van der Waals surface area contributed by atoms with E-state index in [4.69, 9.17) is 14.3 Å². The summed E-state index contributed by atoms with van der Waals surface area (Å²) in [4.78, 5) is 16.6. The molecule has 1 fully saturated rings. The lowest BCUT2D eigenvalue weighted by atomic mass is 10.1. The number of rotatable bonds is 6. The van der Waals surface area contributed by atoms with Gasteiger partial charge in [0.2, 0.25) is 10.0 Å². The first-order valence-corrected chi connectivity index (χ1v) is 12.1. The van der Waals surface area contributed by atoms with Crippen LogP contribution in [0.3, 0.4) is 0 Å². The molecule has 1 atom stereocenters. The summed E-state index contributed by atoms with van der Waals surface area (Å²) in [5.41, 5.74) is 2.49. The molecular formula is C24H28N2O5S. The number of aryl methyl sites for hydroxylation is 1. The molecule has 32 heavy (non-hydrogen) atoms. The first-order chi connectivity index (χ1) is 15.3. The minimum atomic E-state index is -3.51. The molecule has 0 spiro atoms. The SMILES string of the molecule is CCc1cn(C2CCN(S(=O)(=O)c3ccc(OC(C)C)cc3)C2)c2ccccc12.O=C=O. The van der Waals surface area contributed by atoms with Gasteiger partial charge in [0, 0.05) is 36.2 Å². The van der Waals surface area contributed by atoms with Crippen molar-refractivity contribution in [3.8, 4) is 5.75 Å². The van der Waals surface area contributed by atoms with Crippen LogP contribution in [-0.4, -0.2) is 42.6 Å². The quantitative estimate of drug-likeness (QED) is 0.559. The lowest BCUT2D eigenvalue weighted by molar-refractivity contribution is -0.191. The Labute approximate surface area is 188 Å². The molecule has 1 aromatic heterocycles. The highest BCUT2D eigenvalue weighted by Gasteiger charge is 2.34. The van der Waals surface area contributed by atoms with Crippen LogP contribution < -0.4 is 4.74 Å². The van der Waals surface area contributed by atoms with Gasteiger partial charge < -0.3 is 9.30 Å². The molecule has 2 heterocycles. The predicted molar refractivity (Wildman–Crippen MR) is 121 cm³/mol. The molecule has 170 valence electrons. The van der Waals surface area contributed by atoms with E-state index in [9.17, 15) is 8.42 Å². The molecule has 0 amide bonds. The van der Waals surface area contributed by atoms with Crippen LogP contribution in [0, 0.1) is 0 Å². The van der Waals surface area contributed by atoms with E-state index in [1.54, 1.807) is 28.6 Å². The van der Waals surface area contributed by atoms with Crippen molar-refractivity contribution < 1.29 is 22.7 Å². The van der Waals surface area contributed by atoms with Crippen molar-refractivity contribution in [2.75, 3.05) is 13.1 Å². The molecule has 1 unspecified atom stereocenters. The normalized spacial score (nSPS) is 16.6. The molecule has 1 saturated heterocycles. The fourth-order valence-electron chi connectivity index (χ4n) is 4.13. The van der Waals surface area contributed by atoms with Crippen LogP contribution in [0.4, 0.5) is 0 Å². The maximum atomic E-state index is 13.1. The summed E-state index contributed by atoms with van der Waals surface area (Å²) in [6.07, 6.45) is 4.28. The van der Waals surface area contributed by atoms with Crippen molar-refractivity contribution in [3.63, 3.8) is 0 Å². The number of hydrogen-bond acceptors (Lipinski definition) is 5. The Morgan fingerprint density at radius 1 is 1.09 bits per heavy atom. The second-order valence-corrected chi connectivity index (χ2v) is 9.90. The van der Waals surface area contributed by atoms with E-state index in [1.807, 2.05) is 19.9 Å². The monoisotopic (exact) mass is 456 g/mol. The molecule has 3 aromatic rings. The third-order valence-corrected chi connectivity index (χ3v) is 7.44. The van der Waals surface area contributed by atoms with E-state index in [1.165, 1.54) is 16.5 Å². The van der Waals surface area contributed by atoms with E-state index < -0.39 is 10.0 Å². The van der Waals surface area contributed by atoms with Crippen LogP contribution in [0.1, 0.15) is 38.8 Å². The van der Waals surface area contributed by atoms with Gasteiger partial charge in [0.05, 0.1) is 11.0 Å². The van der Waals surface area contributed by atoms with Gasteiger partial charge in [-0.05, 0) is 62.6 Å². The van der Waals surface area contributed by atoms with Gasteiger partial charge in [0.25, 0.3) is 0 Å². The number of benzene rings is 2. The third kappa shape index (κ3) is 4.93. The second kappa shape index (κ2) is 10.1. The second-order valence-electron chi connectivity index (χ2n) is 7.96. The van der Waals surface area contributed by atoms with Crippen molar-refractivity contribution >= 4 is 27.1 Å². The highest BCUT2D eigenvalue weighted by Crippen LogP contribution is 2.32. The minimum Gasteiger partial charge on any atom is -0.491 e. The van der Waals surface area contributed by atoms with Gasteiger partial charge in [-0.15, -0.1) is 0 Å². The van der Waals surface area contributed by atoms with Gasteiger partial charge in [-0.1, -0.05) is 25.1 Å². The standard InChI is InChI=1S/C23H28N2O3S.CO2/c1-4-18-15-25(23-8-6-5-7-22(18)23)19-13-14-24(16-19)29(26,27)21-11-9-20(10-12-21)28-17(2)3;2-1-3/h5-12,15,17,19H,4,13-14,16H2,1-3H3;. The molecule has 0 aliphatic carbocycles. The van der Waals surface area contributed by atoms with E-state index in [-0.39, 0.29) is 18.3 Å². The summed E-state index contributed by atoms with van der Waals surface area (Å²) in [6.45, 7) is 7.08. The molecule has 0 radical (unpaired) electrons. The highest BCUT2D eigenvalue weighted by molar-refractivity contribution is 7.89. The molecule has 1 aliphatic heterocycles. The zero-order chi connectivity index (χ0) is 23.3. The third-order valence-electron chi connectivity index (χ3n) is 5.56. The lowest BCUT2D eigenvalue weighted by Gasteiger charge is -2.18. The summed E-state index contributed by atoms with van der Waals surface area (Å²) < 4.78 is 35.8. The zero-order valence-electron chi connectivity index (χ0n) is 18.5. The molecule has 0 N–H and O–H groups in total. The first kappa shape index (κ1) is 23.7. The molecule has 0 saturated carbocycles. The van der Waals surface area contributed by atoms with Gasteiger partial charge in [0.1, 0.15) is 5.75 Å². The number of fused-ring (bicyclic) bond motifs is 1. The largest absolute Gasteiger partial charge is 0.491 e. The van der Waals surface area contributed by atoms with E-state index >= 15 is 0 Å². The summed E-state index contributed by atoms with van der Waals surface area (Å²) in [5.74, 6) is 0.684. The molecule has 7 nitrogen and oxygen atoms in total. The van der Waals surface area contributed by atoms with Crippen LogP contribution in [0.25, 0.3) is 10.9 Å². The van der Waals surface area contributed by atoms with E-state index in [2.05, 4.69) is 35.9 Å². The number of sulfonamides is 1. The first-order valence-electron chi connectivity index (χ1n) is 10.7. The minimum absolute atomic E-state index is 0.0567. The topological polar surface area (TPSA) is 85.7 Å². The Hall–Kier alpha value is -2.93. The van der Waals surface area contributed by atoms with Gasteiger partial charge in [0.15, 0.2) is 0 Å². The average Bonchev–Trinajstić information content (AvgIpc) is 3.39. The zero-order valence-corrected chi connectivity index (χ0v) is 19.3. The highest BCUT2D eigenvalue weighted by atomic mass is 32.2. The van der Waals surface area contributed by atoms with Crippen LogP contribution >= 0.6 is 0 Å². The van der Waals surface area contributed by atoms with Crippen molar-refractivity contribution in [3.05, 3.63) is 60.3 Å². The number of ether oxygens (including phenoxy) is 1. The molecule has 0 bridgehead atoms. The number of para-hydroxylation sites is 1. The average molecular weight is 457 g/mol. The van der Waals surface area contributed by atoms with Gasteiger partial charge >= 0.3 is 6.15 Å². The number of aromatic nitrogens is 1. The molecule has 1 aliphatic rings. The van der Waals surface area contributed by atoms with Crippen LogP contribution in [-0.2, 0) is 26.0 Å². The number of hydrogen-bond donors (Lipinski definition) is 0. The predicted octanol–water partition coefficient (Wildman–Crippen LogP) is 4.04. The van der Waals surface area contributed by atoms with Crippen molar-refractivity contribution in [1.82, 2.24) is 8.87 Å². The molecule has 8 heteroatoms. The van der Waals surface area contributed by atoms with Crippen LogP contribution in [0.5, 0.6) is 5.75 Å². The summed E-state index contributed by atoms with van der Waals surface area (Å²) in [6, 6.07) is 15.3. The van der Waals surface area contributed by atoms with Gasteiger partial charge in [-0.25, -0.2) is 8.42 Å². The molecule has 2 aromatic carbocycles. The fourth-order valence-corrected chi connectivity index (χ4v) is 5.62. The smallest absolute Gasteiger partial charge is 0.373 e. The molecule has 4 rings (SSSR count). The van der Waals surface area contributed by atoms with Crippen molar-refractivity contribution in [2.24, 2.45) is 0 Å². The number of nitrogens with zero attached hydrogens (tertiary/aromatic N) is 2.